The summed E-state index contributed by atoms with van der Waals surface area (Å²) >= 11 is 11.4. The van der Waals surface area contributed by atoms with Crippen LogP contribution in [0.3, 0.4) is 0 Å². The molecule has 0 saturated carbocycles. The van der Waals surface area contributed by atoms with Gasteiger partial charge in [0, 0.05) is 39.9 Å². The number of ketones is 1. The highest BCUT2D eigenvalue weighted by Crippen LogP contribution is 2.22. The summed E-state index contributed by atoms with van der Waals surface area (Å²) in [5, 5.41) is 8.72. The summed E-state index contributed by atoms with van der Waals surface area (Å²) in [5.41, 5.74) is 3.80. The van der Waals surface area contributed by atoms with E-state index in [1.165, 1.54) is 5.56 Å². The lowest BCUT2D eigenvalue weighted by molar-refractivity contribution is 0.101. The van der Waals surface area contributed by atoms with Crippen molar-refractivity contribution in [3.63, 3.8) is 0 Å². The maximum Gasteiger partial charge on any atom is 0.170 e. The minimum Gasteiger partial charge on any atom is -0.362 e. The van der Waals surface area contributed by atoms with Crippen LogP contribution in [0.4, 0.5) is 5.69 Å². The standard InChI is InChI=1S/C19H18ClN3OS/c1-12(24)13-2-5-16(6-3-13)23-19(25)21-9-8-14-11-22-18-7-4-15(20)10-17(14)18/h2-7,10-11,22H,8-9H2,1H3,(H2,21,23,25). The van der Waals surface area contributed by atoms with Crippen LogP contribution in [-0.2, 0) is 6.42 Å². The van der Waals surface area contributed by atoms with E-state index in [-0.39, 0.29) is 5.78 Å². The average Bonchev–Trinajstić information content (AvgIpc) is 2.97. The third kappa shape index (κ3) is 4.38. The van der Waals surface area contributed by atoms with E-state index < -0.39 is 0 Å². The van der Waals surface area contributed by atoms with E-state index in [9.17, 15) is 4.79 Å². The molecule has 0 saturated heterocycles. The van der Waals surface area contributed by atoms with Crippen molar-refractivity contribution in [1.29, 1.82) is 0 Å². The molecular weight excluding hydrogens is 354 g/mol. The van der Waals surface area contributed by atoms with Gasteiger partial charge in [-0.3, -0.25) is 4.79 Å². The van der Waals surface area contributed by atoms with Crippen LogP contribution in [0.5, 0.6) is 0 Å². The number of hydrogen-bond acceptors (Lipinski definition) is 2. The Labute approximate surface area is 156 Å². The molecule has 4 nitrogen and oxygen atoms in total. The Bertz CT molecular complexity index is 918. The van der Waals surface area contributed by atoms with Gasteiger partial charge in [-0.1, -0.05) is 11.6 Å². The summed E-state index contributed by atoms with van der Waals surface area (Å²) in [6, 6.07) is 13.1. The fourth-order valence-electron chi connectivity index (χ4n) is 2.63. The third-order valence-electron chi connectivity index (χ3n) is 3.96. The van der Waals surface area contributed by atoms with Crippen molar-refractivity contribution in [1.82, 2.24) is 10.3 Å². The fourth-order valence-corrected chi connectivity index (χ4v) is 3.02. The molecule has 2 aromatic carbocycles. The Morgan fingerprint density at radius 1 is 1.20 bits per heavy atom. The maximum atomic E-state index is 11.3. The van der Waals surface area contributed by atoms with E-state index in [2.05, 4.69) is 15.6 Å². The molecule has 0 radical (unpaired) electrons. The second-order valence-corrected chi connectivity index (χ2v) is 6.61. The smallest absolute Gasteiger partial charge is 0.170 e. The van der Waals surface area contributed by atoms with E-state index in [1.807, 2.05) is 36.5 Å². The topological polar surface area (TPSA) is 56.9 Å². The molecule has 0 aliphatic heterocycles. The number of hydrogen-bond donors (Lipinski definition) is 3. The molecule has 0 unspecified atom stereocenters. The SMILES string of the molecule is CC(=O)c1ccc(NC(=S)NCCc2c[nH]c3ccc(Cl)cc23)cc1. The van der Waals surface area contributed by atoms with Gasteiger partial charge in [0.15, 0.2) is 10.9 Å². The summed E-state index contributed by atoms with van der Waals surface area (Å²) in [6.07, 6.45) is 2.82. The Kier molecular flexibility index (Phi) is 5.36. The van der Waals surface area contributed by atoms with E-state index in [4.69, 9.17) is 23.8 Å². The number of benzene rings is 2. The molecule has 25 heavy (non-hydrogen) atoms. The summed E-state index contributed by atoms with van der Waals surface area (Å²) < 4.78 is 0. The first-order valence-corrected chi connectivity index (χ1v) is 8.73. The number of Topliss-reactive ketones (excluding diaryl/α,β-unsaturated/α-hetero) is 1. The number of aromatic nitrogens is 1. The monoisotopic (exact) mass is 371 g/mol. The number of fused-ring (bicyclic) bond motifs is 1. The minimum absolute atomic E-state index is 0.0473. The maximum absolute atomic E-state index is 11.3. The molecule has 1 aromatic heterocycles. The number of thiocarbonyl (C=S) groups is 1. The first-order valence-electron chi connectivity index (χ1n) is 7.94. The van der Waals surface area contributed by atoms with Gasteiger partial charge in [-0.2, -0.15) is 0 Å². The number of aromatic amines is 1. The number of H-pyrrole nitrogens is 1. The van der Waals surface area contributed by atoms with E-state index in [0.717, 1.165) is 28.0 Å². The molecule has 0 aliphatic rings. The zero-order valence-corrected chi connectivity index (χ0v) is 15.3. The number of carbonyl (C=O) groups excluding carboxylic acids is 1. The first kappa shape index (κ1) is 17.5. The Hall–Kier alpha value is -2.37. The molecule has 3 N–H and O–H groups in total. The highest BCUT2D eigenvalue weighted by molar-refractivity contribution is 7.80. The fraction of sp³-hybridized carbons (Fsp3) is 0.158. The van der Waals surface area contributed by atoms with Crippen molar-refractivity contribution in [2.24, 2.45) is 0 Å². The first-order chi connectivity index (χ1) is 12.0. The molecule has 6 heteroatoms. The lowest BCUT2D eigenvalue weighted by Crippen LogP contribution is -2.30. The van der Waals surface area contributed by atoms with E-state index in [0.29, 0.717) is 17.2 Å². The molecule has 0 bridgehead atoms. The van der Waals surface area contributed by atoms with Crippen LogP contribution in [-0.4, -0.2) is 22.4 Å². The molecule has 3 aromatic rings. The zero-order chi connectivity index (χ0) is 17.8. The second-order valence-electron chi connectivity index (χ2n) is 5.77. The quantitative estimate of drug-likeness (QED) is 0.455. The third-order valence-corrected chi connectivity index (χ3v) is 4.44. The van der Waals surface area contributed by atoms with Crippen LogP contribution in [0.25, 0.3) is 10.9 Å². The van der Waals surface area contributed by atoms with Gasteiger partial charge in [0.1, 0.15) is 0 Å². The van der Waals surface area contributed by atoms with Crippen LogP contribution in [0.15, 0.2) is 48.7 Å². The van der Waals surface area contributed by atoms with Crippen molar-refractivity contribution < 1.29 is 4.79 Å². The average molecular weight is 372 g/mol. The highest BCUT2D eigenvalue weighted by atomic mass is 35.5. The summed E-state index contributed by atoms with van der Waals surface area (Å²) in [7, 11) is 0. The van der Waals surface area contributed by atoms with Gasteiger partial charge in [-0.25, -0.2) is 0 Å². The largest absolute Gasteiger partial charge is 0.362 e. The van der Waals surface area contributed by atoms with Crippen molar-refractivity contribution in [2.75, 3.05) is 11.9 Å². The van der Waals surface area contributed by atoms with Crippen LogP contribution >= 0.6 is 23.8 Å². The molecule has 128 valence electrons. The summed E-state index contributed by atoms with van der Waals surface area (Å²) in [4.78, 5) is 14.5. The van der Waals surface area contributed by atoms with Gasteiger partial charge in [0.25, 0.3) is 0 Å². The van der Waals surface area contributed by atoms with Gasteiger partial charge in [0.2, 0.25) is 0 Å². The number of anilines is 1. The lowest BCUT2D eigenvalue weighted by Gasteiger charge is -2.10. The van der Waals surface area contributed by atoms with Gasteiger partial charge < -0.3 is 15.6 Å². The molecular formula is C19H18ClN3OS. The Morgan fingerprint density at radius 3 is 2.68 bits per heavy atom. The normalized spacial score (nSPS) is 10.6. The zero-order valence-electron chi connectivity index (χ0n) is 13.7. The second kappa shape index (κ2) is 7.68. The predicted octanol–water partition coefficient (Wildman–Crippen LogP) is 4.55. The molecule has 0 atom stereocenters. The molecule has 0 amide bonds. The lowest BCUT2D eigenvalue weighted by atomic mass is 10.1. The molecule has 0 aliphatic carbocycles. The van der Waals surface area contributed by atoms with Crippen molar-refractivity contribution in [3.8, 4) is 0 Å². The Morgan fingerprint density at radius 2 is 1.96 bits per heavy atom. The van der Waals surface area contributed by atoms with Crippen LogP contribution in [0.1, 0.15) is 22.8 Å². The molecule has 3 rings (SSSR count). The number of nitrogens with one attached hydrogen (secondary N) is 3. The van der Waals surface area contributed by atoms with Gasteiger partial charge >= 0.3 is 0 Å². The summed E-state index contributed by atoms with van der Waals surface area (Å²) in [6.45, 7) is 2.25. The van der Waals surface area contributed by atoms with Gasteiger partial charge in [-0.15, -0.1) is 0 Å². The van der Waals surface area contributed by atoms with Crippen LogP contribution in [0.2, 0.25) is 5.02 Å². The molecule has 1 heterocycles. The van der Waals surface area contributed by atoms with E-state index in [1.54, 1.807) is 19.1 Å². The van der Waals surface area contributed by atoms with Gasteiger partial charge in [0.05, 0.1) is 0 Å². The molecule has 0 spiro atoms. The highest BCUT2D eigenvalue weighted by Gasteiger charge is 2.05. The van der Waals surface area contributed by atoms with Crippen LogP contribution < -0.4 is 10.6 Å². The Balaban J connectivity index is 1.53. The van der Waals surface area contributed by atoms with Crippen LogP contribution in [0, 0.1) is 0 Å². The number of rotatable bonds is 5. The number of carbonyl (C=O) groups is 1. The van der Waals surface area contributed by atoms with Crippen molar-refractivity contribution in [3.05, 3.63) is 64.8 Å². The molecule has 0 fully saturated rings. The van der Waals surface area contributed by atoms with E-state index >= 15 is 0 Å². The predicted molar refractivity (Wildman–Crippen MR) is 108 cm³/mol. The van der Waals surface area contributed by atoms with Gasteiger partial charge in [-0.05, 0) is 73.6 Å². The number of halogens is 1. The van der Waals surface area contributed by atoms with Crippen molar-refractivity contribution >= 4 is 51.3 Å². The minimum atomic E-state index is 0.0473. The van der Waals surface area contributed by atoms with Crippen molar-refractivity contribution in [2.45, 2.75) is 13.3 Å². The summed E-state index contributed by atoms with van der Waals surface area (Å²) in [5.74, 6) is 0.0473.